The lowest BCUT2D eigenvalue weighted by molar-refractivity contribution is 0.305. The lowest BCUT2D eigenvalue weighted by Crippen LogP contribution is -2.37. The zero-order valence-electron chi connectivity index (χ0n) is 10.1. The normalized spacial score (nSPS) is 37.5. The molecule has 0 unspecified atom stereocenters. The van der Waals surface area contributed by atoms with Crippen LogP contribution in [-0.4, -0.2) is 11.0 Å². The van der Waals surface area contributed by atoms with Crippen LogP contribution in [0.3, 0.4) is 0 Å². The Morgan fingerprint density at radius 3 is 2.76 bits per heavy atom. The molecule has 4 atom stereocenters. The molecule has 1 aromatic heterocycles. The third-order valence-corrected chi connectivity index (χ3v) is 5.80. The molecule has 4 rings (SSSR count). The van der Waals surface area contributed by atoms with Crippen molar-refractivity contribution in [2.24, 2.45) is 17.8 Å². The Hall–Kier alpha value is -0.410. The number of hydrogen-bond donors (Lipinski definition) is 1. The minimum atomic E-state index is 0.569. The van der Waals surface area contributed by atoms with Crippen molar-refractivity contribution in [3.8, 4) is 0 Å². The second-order valence-corrected chi connectivity index (χ2v) is 7.06. The van der Waals surface area contributed by atoms with E-state index in [0.717, 1.165) is 23.8 Å². The summed E-state index contributed by atoms with van der Waals surface area (Å²) in [5.41, 5.74) is 0. The van der Waals surface area contributed by atoms with Crippen LogP contribution in [0.25, 0.3) is 0 Å². The lowest BCUT2D eigenvalue weighted by Gasteiger charge is -2.27. The second-order valence-electron chi connectivity index (χ2n) is 6.13. The Balaban J connectivity index is 1.49. The van der Waals surface area contributed by atoms with Crippen LogP contribution < -0.4 is 5.32 Å². The molecule has 17 heavy (non-hydrogen) atoms. The molecule has 2 nitrogen and oxygen atoms in total. The second kappa shape index (κ2) is 4.06. The predicted octanol–water partition coefficient (Wildman–Crippen LogP) is 3.37. The van der Waals surface area contributed by atoms with E-state index >= 15 is 0 Å². The Morgan fingerprint density at radius 1 is 1.24 bits per heavy atom. The van der Waals surface area contributed by atoms with Crippen molar-refractivity contribution >= 4 is 11.3 Å². The van der Waals surface area contributed by atoms with E-state index in [1.807, 2.05) is 17.5 Å². The Labute approximate surface area is 107 Å². The molecular weight excluding hydrogens is 228 g/mol. The lowest BCUT2D eigenvalue weighted by atomic mass is 9.94. The van der Waals surface area contributed by atoms with Crippen LogP contribution >= 0.6 is 11.3 Å². The minimum absolute atomic E-state index is 0.569. The van der Waals surface area contributed by atoms with Gasteiger partial charge in [0.15, 0.2) is 0 Å². The number of nitrogens with one attached hydrogen (secondary N) is 1. The molecule has 0 saturated heterocycles. The standard InChI is InChI=1S/C14H20N2S/c1-2-11-7-9(1)8-12(11)16-13(10-3-4-10)14-15-5-6-17-14/h5-6,9-13,16H,1-4,7-8H2/t9-,11-,12-,13+/m0/s1. The Bertz CT molecular complexity index is 385. The number of fused-ring (bicyclic) bond motifs is 2. The van der Waals surface area contributed by atoms with Crippen molar-refractivity contribution < 1.29 is 0 Å². The maximum Gasteiger partial charge on any atom is 0.110 e. The fourth-order valence-electron chi connectivity index (χ4n) is 3.91. The molecule has 1 aromatic rings. The molecule has 0 aromatic carbocycles. The Kier molecular flexibility index (Phi) is 2.51. The zero-order chi connectivity index (χ0) is 11.2. The van der Waals surface area contributed by atoms with E-state index in [1.165, 1.54) is 43.5 Å². The van der Waals surface area contributed by atoms with Gasteiger partial charge in [-0.2, -0.15) is 0 Å². The molecule has 2 bridgehead atoms. The fraction of sp³-hybridized carbons (Fsp3) is 0.786. The van der Waals surface area contributed by atoms with Gasteiger partial charge >= 0.3 is 0 Å². The summed E-state index contributed by atoms with van der Waals surface area (Å²) in [6, 6.07) is 1.36. The van der Waals surface area contributed by atoms with Crippen molar-refractivity contribution in [1.82, 2.24) is 10.3 Å². The molecule has 3 saturated carbocycles. The molecule has 3 fully saturated rings. The molecule has 92 valence electrons. The van der Waals surface area contributed by atoms with Crippen LogP contribution in [0, 0.1) is 17.8 Å². The summed E-state index contributed by atoms with van der Waals surface area (Å²) in [4.78, 5) is 4.54. The van der Waals surface area contributed by atoms with Crippen molar-refractivity contribution in [3.63, 3.8) is 0 Å². The number of thiazole rings is 1. The monoisotopic (exact) mass is 248 g/mol. The SMILES string of the molecule is c1csc([C@H](N[C@H]2C[C@H]3CC[C@H]2C3)C2CC2)n1. The molecule has 3 aliphatic carbocycles. The van der Waals surface area contributed by atoms with E-state index in [2.05, 4.69) is 15.7 Å². The first-order chi connectivity index (χ1) is 8.40. The minimum Gasteiger partial charge on any atom is -0.305 e. The predicted molar refractivity (Wildman–Crippen MR) is 70.0 cm³/mol. The van der Waals surface area contributed by atoms with Crippen LogP contribution in [0.5, 0.6) is 0 Å². The third-order valence-electron chi connectivity index (χ3n) is 4.94. The van der Waals surface area contributed by atoms with Crippen molar-refractivity contribution in [2.75, 3.05) is 0 Å². The maximum atomic E-state index is 4.54. The molecule has 0 spiro atoms. The van der Waals surface area contributed by atoms with Crippen molar-refractivity contribution in [1.29, 1.82) is 0 Å². The van der Waals surface area contributed by atoms with Crippen molar-refractivity contribution in [3.05, 3.63) is 16.6 Å². The highest BCUT2D eigenvalue weighted by molar-refractivity contribution is 7.09. The summed E-state index contributed by atoms with van der Waals surface area (Å²) in [5, 5.41) is 7.41. The zero-order valence-corrected chi connectivity index (χ0v) is 11.0. The molecule has 0 radical (unpaired) electrons. The Morgan fingerprint density at radius 2 is 2.18 bits per heavy atom. The van der Waals surface area contributed by atoms with Gasteiger partial charge in [-0.15, -0.1) is 11.3 Å². The molecule has 1 N–H and O–H groups in total. The van der Waals surface area contributed by atoms with E-state index in [4.69, 9.17) is 0 Å². The summed E-state index contributed by atoms with van der Waals surface area (Å²) in [5.74, 6) is 2.88. The van der Waals surface area contributed by atoms with Gasteiger partial charge in [-0.3, -0.25) is 0 Å². The summed E-state index contributed by atoms with van der Waals surface area (Å²) in [6.07, 6.45) is 10.6. The molecule has 1 heterocycles. The number of aromatic nitrogens is 1. The van der Waals surface area contributed by atoms with E-state index in [9.17, 15) is 0 Å². The van der Waals surface area contributed by atoms with E-state index in [1.54, 1.807) is 0 Å². The van der Waals surface area contributed by atoms with Gasteiger partial charge in [0.2, 0.25) is 0 Å². The quantitative estimate of drug-likeness (QED) is 0.883. The van der Waals surface area contributed by atoms with Gasteiger partial charge in [0, 0.05) is 17.6 Å². The van der Waals surface area contributed by atoms with Gasteiger partial charge in [-0.1, -0.05) is 6.42 Å². The highest BCUT2D eigenvalue weighted by Crippen LogP contribution is 2.47. The maximum absolute atomic E-state index is 4.54. The van der Waals surface area contributed by atoms with Crippen LogP contribution in [0.4, 0.5) is 0 Å². The molecule has 0 amide bonds. The summed E-state index contributed by atoms with van der Waals surface area (Å²) in [6.45, 7) is 0. The fourth-order valence-corrected chi connectivity index (χ4v) is 4.70. The highest BCUT2D eigenvalue weighted by Gasteiger charge is 2.43. The van der Waals surface area contributed by atoms with Gasteiger partial charge in [0.25, 0.3) is 0 Å². The smallest absolute Gasteiger partial charge is 0.110 e. The first kappa shape index (κ1) is 10.5. The summed E-state index contributed by atoms with van der Waals surface area (Å²) >= 11 is 1.83. The first-order valence-electron chi connectivity index (χ1n) is 7.05. The van der Waals surface area contributed by atoms with Crippen LogP contribution in [-0.2, 0) is 0 Å². The average molecular weight is 248 g/mol. The molecule has 3 aliphatic rings. The van der Waals surface area contributed by atoms with Gasteiger partial charge < -0.3 is 5.32 Å². The average Bonchev–Trinajstić information content (AvgIpc) is 2.82. The first-order valence-corrected chi connectivity index (χ1v) is 7.93. The molecule has 3 heteroatoms. The third kappa shape index (κ3) is 1.93. The van der Waals surface area contributed by atoms with Gasteiger partial charge in [-0.25, -0.2) is 4.98 Å². The van der Waals surface area contributed by atoms with E-state index < -0.39 is 0 Å². The van der Waals surface area contributed by atoms with Crippen LogP contribution in [0.2, 0.25) is 0 Å². The topological polar surface area (TPSA) is 24.9 Å². The van der Waals surface area contributed by atoms with Gasteiger partial charge in [0.1, 0.15) is 5.01 Å². The number of hydrogen-bond acceptors (Lipinski definition) is 3. The largest absolute Gasteiger partial charge is 0.305 e. The van der Waals surface area contributed by atoms with E-state index in [-0.39, 0.29) is 0 Å². The van der Waals surface area contributed by atoms with Gasteiger partial charge in [-0.05, 0) is 49.9 Å². The molecular formula is C14H20N2S. The van der Waals surface area contributed by atoms with Gasteiger partial charge in [0.05, 0.1) is 6.04 Å². The van der Waals surface area contributed by atoms with Crippen LogP contribution in [0.15, 0.2) is 11.6 Å². The number of rotatable bonds is 4. The molecule has 0 aliphatic heterocycles. The number of nitrogens with zero attached hydrogens (tertiary/aromatic N) is 1. The highest BCUT2D eigenvalue weighted by atomic mass is 32.1. The van der Waals surface area contributed by atoms with E-state index in [0.29, 0.717) is 6.04 Å². The summed E-state index contributed by atoms with van der Waals surface area (Å²) in [7, 11) is 0. The van der Waals surface area contributed by atoms with Crippen LogP contribution in [0.1, 0.15) is 49.6 Å². The van der Waals surface area contributed by atoms with Crippen molar-refractivity contribution in [2.45, 2.75) is 50.6 Å². The summed E-state index contributed by atoms with van der Waals surface area (Å²) < 4.78 is 0.